The molecule has 0 saturated heterocycles. The number of aliphatic hydroxyl groups is 1. The summed E-state index contributed by atoms with van der Waals surface area (Å²) in [7, 11) is 0. The standard InChI is InChI=1S/C14H19Cl2NOS/c15-11-3-4-12(16)13(8-11)19-7-5-10-2-1-6-14(10,17)9-18/h3-4,8,10,18H,1-2,5-7,9,17H2. The van der Waals surface area contributed by atoms with E-state index in [2.05, 4.69) is 0 Å². The number of hydrogen-bond acceptors (Lipinski definition) is 3. The van der Waals surface area contributed by atoms with Crippen LogP contribution < -0.4 is 5.73 Å². The first-order chi connectivity index (χ1) is 9.05. The highest BCUT2D eigenvalue weighted by molar-refractivity contribution is 7.99. The Labute approximate surface area is 128 Å². The van der Waals surface area contributed by atoms with Gasteiger partial charge >= 0.3 is 0 Å². The smallest absolute Gasteiger partial charge is 0.0613 e. The Morgan fingerprint density at radius 3 is 2.95 bits per heavy atom. The minimum atomic E-state index is -0.376. The average molecular weight is 320 g/mol. The van der Waals surface area contributed by atoms with Gasteiger partial charge in [-0.15, -0.1) is 11.8 Å². The largest absolute Gasteiger partial charge is 0.394 e. The summed E-state index contributed by atoms with van der Waals surface area (Å²) >= 11 is 13.8. The molecule has 0 aromatic heterocycles. The molecule has 1 aromatic carbocycles. The second-order valence-corrected chi connectivity index (χ2v) is 7.17. The number of benzene rings is 1. The number of halogens is 2. The molecule has 0 heterocycles. The Bertz CT molecular complexity index is 443. The lowest BCUT2D eigenvalue weighted by molar-refractivity contribution is 0.158. The van der Waals surface area contributed by atoms with Gasteiger partial charge in [0, 0.05) is 15.5 Å². The summed E-state index contributed by atoms with van der Waals surface area (Å²) < 4.78 is 0. The molecule has 1 aliphatic rings. The Morgan fingerprint density at radius 1 is 1.42 bits per heavy atom. The number of hydrogen-bond donors (Lipinski definition) is 2. The Balaban J connectivity index is 1.88. The normalized spacial score (nSPS) is 26.8. The van der Waals surface area contributed by atoms with Gasteiger partial charge in [-0.3, -0.25) is 0 Å². The quantitative estimate of drug-likeness (QED) is 0.807. The maximum Gasteiger partial charge on any atom is 0.0613 e. The van der Waals surface area contributed by atoms with E-state index in [1.165, 1.54) is 0 Å². The molecule has 19 heavy (non-hydrogen) atoms. The molecule has 2 unspecified atom stereocenters. The maximum atomic E-state index is 9.42. The van der Waals surface area contributed by atoms with Crippen molar-refractivity contribution in [3.63, 3.8) is 0 Å². The number of thioether (sulfide) groups is 1. The van der Waals surface area contributed by atoms with Gasteiger partial charge in [-0.1, -0.05) is 29.6 Å². The molecule has 106 valence electrons. The molecule has 2 atom stereocenters. The van der Waals surface area contributed by atoms with E-state index in [9.17, 15) is 5.11 Å². The van der Waals surface area contributed by atoms with Crippen LogP contribution in [0.25, 0.3) is 0 Å². The van der Waals surface area contributed by atoms with Crippen LogP contribution >= 0.6 is 35.0 Å². The first-order valence-corrected chi connectivity index (χ1v) is 8.27. The summed E-state index contributed by atoms with van der Waals surface area (Å²) in [5.41, 5.74) is 5.85. The molecular formula is C14H19Cl2NOS. The summed E-state index contributed by atoms with van der Waals surface area (Å²) in [5, 5.41) is 10.9. The summed E-state index contributed by atoms with van der Waals surface area (Å²) in [4.78, 5) is 1.01. The third-order valence-corrected chi connectivity index (χ3v) is 5.68. The van der Waals surface area contributed by atoms with Gasteiger partial charge in [0.25, 0.3) is 0 Å². The fourth-order valence-electron chi connectivity index (χ4n) is 2.71. The highest BCUT2D eigenvalue weighted by Crippen LogP contribution is 2.38. The second kappa shape index (κ2) is 6.68. The van der Waals surface area contributed by atoms with Crippen LogP contribution in [-0.4, -0.2) is 23.0 Å². The molecule has 2 nitrogen and oxygen atoms in total. The first-order valence-electron chi connectivity index (χ1n) is 6.53. The van der Waals surface area contributed by atoms with Crippen LogP contribution in [0, 0.1) is 5.92 Å². The zero-order valence-corrected chi connectivity index (χ0v) is 13.1. The molecule has 2 rings (SSSR count). The van der Waals surface area contributed by atoms with E-state index in [0.29, 0.717) is 10.9 Å². The predicted molar refractivity (Wildman–Crippen MR) is 83.1 cm³/mol. The predicted octanol–water partition coefficient (Wildman–Crippen LogP) is 3.97. The van der Waals surface area contributed by atoms with Crippen molar-refractivity contribution >= 4 is 35.0 Å². The average Bonchev–Trinajstić information content (AvgIpc) is 2.76. The Hall–Kier alpha value is 0.0700. The fraction of sp³-hybridized carbons (Fsp3) is 0.571. The number of aliphatic hydroxyl groups excluding tert-OH is 1. The minimum absolute atomic E-state index is 0.0836. The van der Waals surface area contributed by atoms with E-state index >= 15 is 0 Å². The van der Waals surface area contributed by atoms with Crippen LogP contribution in [-0.2, 0) is 0 Å². The van der Waals surface area contributed by atoms with Gasteiger partial charge in [-0.25, -0.2) is 0 Å². The van der Waals surface area contributed by atoms with Gasteiger partial charge in [0.2, 0.25) is 0 Å². The lowest BCUT2D eigenvalue weighted by Crippen LogP contribution is -2.47. The van der Waals surface area contributed by atoms with Crippen molar-refractivity contribution in [2.45, 2.75) is 36.1 Å². The highest BCUT2D eigenvalue weighted by atomic mass is 35.5. The van der Waals surface area contributed by atoms with Crippen LogP contribution in [0.5, 0.6) is 0 Å². The minimum Gasteiger partial charge on any atom is -0.394 e. The van der Waals surface area contributed by atoms with Crippen LogP contribution in [0.4, 0.5) is 0 Å². The SMILES string of the molecule is NC1(CO)CCCC1CCSc1cc(Cl)ccc1Cl. The van der Waals surface area contributed by atoms with E-state index in [4.69, 9.17) is 28.9 Å². The molecule has 1 saturated carbocycles. The van der Waals surface area contributed by atoms with Crippen molar-refractivity contribution in [2.75, 3.05) is 12.4 Å². The second-order valence-electron chi connectivity index (χ2n) is 5.19. The van der Waals surface area contributed by atoms with Crippen LogP contribution in [0.15, 0.2) is 23.1 Å². The topological polar surface area (TPSA) is 46.2 Å². The summed E-state index contributed by atoms with van der Waals surface area (Å²) in [6, 6.07) is 5.51. The lowest BCUT2D eigenvalue weighted by atomic mass is 9.87. The zero-order valence-electron chi connectivity index (χ0n) is 10.7. The van der Waals surface area contributed by atoms with Crippen LogP contribution in [0.2, 0.25) is 10.0 Å². The molecule has 5 heteroatoms. The van der Waals surface area contributed by atoms with Gasteiger partial charge in [-0.05, 0) is 49.1 Å². The summed E-state index contributed by atoms with van der Waals surface area (Å²) in [5.74, 6) is 1.35. The van der Waals surface area contributed by atoms with E-state index in [1.807, 2.05) is 12.1 Å². The van der Waals surface area contributed by atoms with E-state index in [0.717, 1.165) is 41.4 Å². The van der Waals surface area contributed by atoms with E-state index < -0.39 is 0 Å². The van der Waals surface area contributed by atoms with Crippen molar-refractivity contribution in [1.29, 1.82) is 0 Å². The molecular weight excluding hydrogens is 301 g/mol. The maximum absolute atomic E-state index is 9.42. The molecule has 1 aliphatic carbocycles. The zero-order chi connectivity index (χ0) is 13.9. The lowest BCUT2D eigenvalue weighted by Gasteiger charge is -2.29. The third-order valence-electron chi connectivity index (χ3n) is 3.92. The van der Waals surface area contributed by atoms with Gasteiger partial charge in [-0.2, -0.15) is 0 Å². The monoisotopic (exact) mass is 319 g/mol. The van der Waals surface area contributed by atoms with Gasteiger partial charge < -0.3 is 10.8 Å². The first kappa shape index (κ1) is 15.5. The summed E-state index contributed by atoms with van der Waals surface area (Å²) in [6.45, 7) is 0.0836. The van der Waals surface area contributed by atoms with Gasteiger partial charge in [0.1, 0.15) is 0 Å². The molecule has 1 aromatic rings. The molecule has 0 bridgehead atoms. The molecule has 0 aliphatic heterocycles. The van der Waals surface area contributed by atoms with Crippen molar-refractivity contribution < 1.29 is 5.11 Å². The van der Waals surface area contributed by atoms with Crippen LogP contribution in [0.1, 0.15) is 25.7 Å². The molecule has 0 amide bonds. The van der Waals surface area contributed by atoms with Crippen LogP contribution in [0.3, 0.4) is 0 Å². The highest BCUT2D eigenvalue weighted by Gasteiger charge is 2.38. The fourth-order valence-corrected chi connectivity index (χ4v) is 4.26. The van der Waals surface area contributed by atoms with E-state index in [-0.39, 0.29) is 12.1 Å². The van der Waals surface area contributed by atoms with Crippen molar-refractivity contribution in [1.82, 2.24) is 0 Å². The number of rotatable bonds is 5. The van der Waals surface area contributed by atoms with E-state index in [1.54, 1.807) is 17.8 Å². The van der Waals surface area contributed by atoms with Gasteiger partial charge in [0.05, 0.1) is 11.6 Å². The van der Waals surface area contributed by atoms with Crippen molar-refractivity contribution in [3.8, 4) is 0 Å². The molecule has 3 N–H and O–H groups in total. The molecule has 0 radical (unpaired) electrons. The van der Waals surface area contributed by atoms with Crippen molar-refractivity contribution in [3.05, 3.63) is 28.2 Å². The molecule has 0 spiro atoms. The Morgan fingerprint density at radius 2 is 2.21 bits per heavy atom. The number of nitrogens with two attached hydrogens (primary N) is 1. The third kappa shape index (κ3) is 3.79. The van der Waals surface area contributed by atoms with Crippen molar-refractivity contribution in [2.24, 2.45) is 11.7 Å². The Kier molecular flexibility index (Phi) is 5.44. The summed E-state index contributed by atoms with van der Waals surface area (Å²) in [6.07, 6.45) is 4.16. The van der Waals surface area contributed by atoms with Gasteiger partial charge in [0.15, 0.2) is 0 Å². The molecule has 1 fully saturated rings.